The van der Waals surface area contributed by atoms with Gasteiger partial charge in [-0.05, 0) is 19.4 Å². The van der Waals surface area contributed by atoms with Gasteiger partial charge in [-0.2, -0.15) is 0 Å². The van der Waals surface area contributed by atoms with E-state index >= 15 is 0 Å². The number of rotatable bonds is 20. The van der Waals surface area contributed by atoms with Crippen LogP contribution in [0, 0.1) is 5.92 Å². The lowest BCUT2D eigenvalue weighted by molar-refractivity contribution is -0.132. The van der Waals surface area contributed by atoms with Gasteiger partial charge in [-0.3, -0.25) is 14.4 Å². The number of hydrogen-bond acceptors (Lipinski definition) is 8. The Morgan fingerprint density at radius 2 is 1.28 bits per heavy atom. The summed E-state index contributed by atoms with van der Waals surface area (Å²) in [5, 5.41) is 5.12. The predicted octanol–water partition coefficient (Wildman–Crippen LogP) is -0.751. The molecule has 0 aliphatic carbocycles. The second kappa shape index (κ2) is 19.7. The molecular formula is C19H37N3O7. The molecule has 0 aromatic carbocycles. The zero-order chi connectivity index (χ0) is 21.7. The van der Waals surface area contributed by atoms with Gasteiger partial charge in [0.1, 0.15) is 13.2 Å². The average molecular weight is 420 g/mol. The lowest BCUT2D eigenvalue weighted by atomic mass is 10.1. The Bertz CT molecular complexity index is 448. The van der Waals surface area contributed by atoms with E-state index < -0.39 is 5.91 Å². The average Bonchev–Trinajstić information content (AvgIpc) is 2.69. The second-order valence-corrected chi connectivity index (χ2v) is 6.57. The maximum atomic E-state index is 11.6. The monoisotopic (exact) mass is 419 g/mol. The molecule has 170 valence electrons. The smallest absolute Gasteiger partial charge is 0.246 e. The van der Waals surface area contributed by atoms with Gasteiger partial charge in [0.2, 0.25) is 11.8 Å². The van der Waals surface area contributed by atoms with Crippen LogP contribution in [-0.4, -0.2) is 90.1 Å². The number of carbonyl (C=O) groups is 3. The summed E-state index contributed by atoms with van der Waals surface area (Å²) >= 11 is 0. The van der Waals surface area contributed by atoms with E-state index in [1.54, 1.807) is 13.8 Å². The van der Waals surface area contributed by atoms with Crippen molar-refractivity contribution in [2.45, 2.75) is 26.7 Å². The van der Waals surface area contributed by atoms with Crippen LogP contribution in [0.1, 0.15) is 26.7 Å². The van der Waals surface area contributed by atoms with E-state index in [1.165, 1.54) is 0 Å². The normalized spacial score (nSPS) is 10.9. The topological polar surface area (TPSA) is 138 Å². The Morgan fingerprint density at radius 1 is 0.759 bits per heavy atom. The Morgan fingerprint density at radius 3 is 1.83 bits per heavy atom. The van der Waals surface area contributed by atoms with E-state index in [2.05, 4.69) is 10.6 Å². The minimum absolute atomic E-state index is 0.0281. The minimum atomic E-state index is -0.426. The van der Waals surface area contributed by atoms with Crippen molar-refractivity contribution in [3.8, 4) is 0 Å². The Hall–Kier alpha value is -1.59. The molecule has 0 aromatic rings. The summed E-state index contributed by atoms with van der Waals surface area (Å²) in [6.07, 6.45) is 1.51. The van der Waals surface area contributed by atoms with Gasteiger partial charge < -0.3 is 35.3 Å². The highest BCUT2D eigenvalue weighted by atomic mass is 16.5. The first-order valence-corrected chi connectivity index (χ1v) is 10.0. The number of amides is 2. The minimum Gasteiger partial charge on any atom is -0.379 e. The van der Waals surface area contributed by atoms with E-state index in [0.29, 0.717) is 59.2 Å². The molecule has 0 radical (unpaired) electrons. The van der Waals surface area contributed by atoms with Gasteiger partial charge in [0, 0.05) is 25.7 Å². The van der Waals surface area contributed by atoms with Crippen LogP contribution < -0.4 is 16.4 Å². The Kier molecular flexibility index (Phi) is 18.6. The number of carbonyl (C=O) groups excluding carboxylic acids is 3. The zero-order valence-corrected chi connectivity index (χ0v) is 17.7. The molecule has 10 heteroatoms. The molecule has 0 atom stereocenters. The van der Waals surface area contributed by atoms with Crippen LogP contribution in [0.25, 0.3) is 0 Å². The number of ketones is 1. The van der Waals surface area contributed by atoms with E-state index in [4.69, 9.17) is 24.7 Å². The summed E-state index contributed by atoms with van der Waals surface area (Å²) in [7, 11) is 0. The molecule has 0 aliphatic heterocycles. The maximum absolute atomic E-state index is 11.6. The quantitative estimate of drug-likeness (QED) is 0.219. The molecule has 0 unspecified atom stereocenters. The van der Waals surface area contributed by atoms with Gasteiger partial charge in [0.05, 0.1) is 33.0 Å². The standard InChI is InChI=1S/C19H37N3O7/c1-16(2)17(23)13-22-19(25)15-29-14-18(24)21-6-4-8-27-10-12-28-11-9-26-7-3-5-20/h16H,3-15,20H2,1-2H3,(H,21,24)(H,22,25). The summed E-state index contributed by atoms with van der Waals surface area (Å²) in [5.74, 6) is -0.930. The first kappa shape index (κ1) is 27.4. The number of Topliss-reactive ketones (excluding diaryl/α,β-unsaturated/α-hetero) is 1. The van der Waals surface area contributed by atoms with Crippen LogP contribution in [0.5, 0.6) is 0 Å². The van der Waals surface area contributed by atoms with Crippen LogP contribution in [-0.2, 0) is 33.3 Å². The molecule has 0 spiro atoms. The molecule has 4 N–H and O–H groups in total. The van der Waals surface area contributed by atoms with Crippen molar-refractivity contribution in [2.24, 2.45) is 11.7 Å². The molecule has 2 amide bonds. The second-order valence-electron chi connectivity index (χ2n) is 6.57. The third-order valence-electron chi connectivity index (χ3n) is 3.59. The first-order valence-electron chi connectivity index (χ1n) is 10.0. The SMILES string of the molecule is CC(C)C(=O)CNC(=O)COCC(=O)NCCCOCCOCCOCCCN. The van der Waals surface area contributed by atoms with Crippen molar-refractivity contribution >= 4 is 17.6 Å². The summed E-state index contributed by atoms with van der Waals surface area (Å²) in [4.78, 5) is 34.4. The van der Waals surface area contributed by atoms with Crippen molar-refractivity contribution in [3.63, 3.8) is 0 Å². The number of ether oxygens (including phenoxy) is 4. The first-order chi connectivity index (χ1) is 14.0. The summed E-state index contributed by atoms with van der Waals surface area (Å²) < 4.78 is 21.0. The molecule has 29 heavy (non-hydrogen) atoms. The highest BCUT2D eigenvalue weighted by Gasteiger charge is 2.10. The molecule has 0 bridgehead atoms. The molecule has 0 saturated heterocycles. The van der Waals surface area contributed by atoms with Crippen LogP contribution in [0.4, 0.5) is 0 Å². The molecule has 0 heterocycles. The van der Waals surface area contributed by atoms with E-state index in [1.807, 2.05) is 0 Å². The number of hydrogen-bond donors (Lipinski definition) is 3. The fourth-order valence-corrected chi connectivity index (χ4v) is 1.86. The molecule has 0 rings (SSSR count). The molecule has 10 nitrogen and oxygen atoms in total. The Balaban J connectivity index is 3.35. The van der Waals surface area contributed by atoms with Gasteiger partial charge >= 0.3 is 0 Å². The van der Waals surface area contributed by atoms with Crippen molar-refractivity contribution in [2.75, 3.05) is 72.5 Å². The van der Waals surface area contributed by atoms with Crippen LogP contribution in [0.15, 0.2) is 0 Å². The summed E-state index contributed by atoms with van der Waals surface area (Å²) in [6, 6.07) is 0. The zero-order valence-electron chi connectivity index (χ0n) is 17.7. The van der Waals surface area contributed by atoms with E-state index in [-0.39, 0.29) is 37.4 Å². The summed E-state index contributed by atoms with van der Waals surface area (Å²) in [5.41, 5.74) is 5.35. The van der Waals surface area contributed by atoms with Crippen molar-refractivity contribution in [1.82, 2.24) is 10.6 Å². The lowest BCUT2D eigenvalue weighted by Crippen LogP contribution is -2.35. The van der Waals surface area contributed by atoms with Crippen molar-refractivity contribution in [3.05, 3.63) is 0 Å². The maximum Gasteiger partial charge on any atom is 0.246 e. The molecular weight excluding hydrogens is 382 g/mol. The van der Waals surface area contributed by atoms with Gasteiger partial charge in [0.15, 0.2) is 5.78 Å². The third-order valence-corrected chi connectivity index (χ3v) is 3.59. The van der Waals surface area contributed by atoms with E-state index in [9.17, 15) is 14.4 Å². The molecule has 0 fully saturated rings. The summed E-state index contributed by atoms with van der Waals surface area (Å²) in [6.45, 7) is 7.29. The van der Waals surface area contributed by atoms with Crippen LogP contribution >= 0.6 is 0 Å². The number of nitrogens with two attached hydrogens (primary N) is 1. The van der Waals surface area contributed by atoms with Crippen molar-refractivity contribution < 1.29 is 33.3 Å². The third kappa shape index (κ3) is 19.5. The fourth-order valence-electron chi connectivity index (χ4n) is 1.86. The Labute approximate surface area is 173 Å². The van der Waals surface area contributed by atoms with Gasteiger partial charge in [-0.25, -0.2) is 0 Å². The highest BCUT2D eigenvalue weighted by Crippen LogP contribution is 1.92. The largest absolute Gasteiger partial charge is 0.379 e. The van der Waals surface area contributed by atoms with Gasteiger partial charge in [-0.15, -0.1) is 0 Å². The molecule has 0 aromatic heterocycles. The van der Waals surface area contributed by atoms with Gasteiger partial charge in [-0.1, -0.05) is 13.8 Å². The highest BCUT2D eigenvalue weighted by molar-refractivity contribution is 5.87. The molecule has 0 saturated carbocycles. The number of nitrogens with one attached hydrogen (secondary N) is 2. The van der Waals surface area contributed by atoms with E-state index in [0.717, 1.165) is 6.42 Å². The lowest BCUT2D eigenvalue weighted by Gasteiger charge is -2.08. The molecule has 0 aliphatic rings. The fraction of sp³-hybridized carbons (Fsp3) is 0.842. The van der Waals surface area contributed by atoms with Crippen molar-refractivity contribution in [1.29, 1.82) is 0 Å². The van der Waals surface area contributed by atoms with Gasteiger partial charge in [0.25, 0.3) is 0 Å². The van der Waals surface area contributed by atoms with Crippen LogP contribution in [0.3, 0.4) is 0 Å². The predicted molar refractivity (Wildman–Crippen MR) is 107 cm³/mol. The van der Waals surface area contributed by atoms with Crippen LogP contribution in [0.2, 0.25) is 0 Å².